The third-order valence-electron chi connectivity index (χ3n) is 2.23. The SMILES string of the molecule is COC(c1nc(C(N)C(=O)O)cs1)C(C)C. The highest BCUT2D eigenvalue weighted by atomic mass is 32.1. The van der Waals surface area contributed by atoms with Crippen LogP contribution in [0.1, 0.15) is 36.7 Å². The van der Waals surface area contributed by atoms with E-state index in [0.29, 0.717) is 5.69 Å². The number of hydrogen-bond donors (Lipinski definition) is 2. The summed E-state index contributed by atoms with van der Waals surface area (Å²) in [5.74, 6) is -0.791. The number of carboxylic acids is 1. The predicted octanol–water partition coefficient (Wildman–Crippen LogP) is 1.57. The molecular formula is C10H16N2O3S. The van der Waals surface area contributed by atoms with Gasteiger partial charge in [-0.3, -0.25) is 4.79 Å². The van der Waals surface area contributed by atoms with Gasteiger partial charge in [0.25, 0.3) is 0 Å². The standard InChI is InChI=1S/C10H16N2O3S/c1-5(2)8(15-3)9-12-6(4-16-9)7(11)10(13)14/h4-5,7-8H,11H2,1-3H3,(H,13,14). The zero-order valence-corrected chi connectivity index (χ0v) is 10.3. The average molecular weight is 244 g/mol. The molecule has 2 unspecified atom stereocenters. The number of ether oxygens (including phenoxy) is 1. The Balaban J connectivity index is 2.89. The minimum Gasteiger partial charge on any atom is -0.480 e. The highest BCUT2D eigenvalue weighted by Crippen LogP contribution is 2.28. The van der Waals surface area contributed by atoms with E-state index in [1.165, 1.54) is 11.3 Å². The summed E-state index contributed by atoms with van der Waals surface area (Å²) in [5, 5.41) is 11.2. The van der Waals surface area contributed by atoms with Crippen molar-refractivity contribution >= 4 is 17.3 Å². The Morgan fingerprint density at radius 2 is 2.25 bits per heavy atom. The van der Waals surface area contributed by atoms with Gasteiger partial charge in [0.15, 0.2) is 0 Å². The molecule has 0 saturated heterocycles. The fraction of sp³-hybridized carbons (Fsp3) is 0.600. The number of aromatic nitrogens is 1. The quantitative estimate of drug-likeness (QED) is 0.821. The van der Waals surface area contributed by atoms with Crippen LogP contribution < -0.4 is 5.73 Å². The number of nitrogens with two attached hydrogens (primary N) is 1. The maximum atomic E-state index is 10.7. The van der Waals surface area contributed by atoms with Crippen LogP contribution in [0.2, 0.25) is 0 Å². The summed E-state index contributed by atoms with van der Waals surface area (Å²) < 4.78 is 5.31. The molecule has 0 aromatic carbocycles. The third-order valence-corrected chi connectivity index (χ3v) is 3.15. The number of methoxy groups -OCH3 is 1. The van der Waals surface area contributed by atoms with E-state index in [1.54, 1.807) is 12.5 Å². The molecule has 0 saturated carbocycles. The first-order valence-corrected chi connectivity index (χ1v) is 5.81. The smallest absolute Gasteiger partial charge is 0.326 e. The van der Waals surface area contributed by atoms with Crippen molar-refractivity contribution in [1.82, 2.24) is 4.98 Å². The molecule has 16 heavy (non-hydrogen) atoms. The van der Waals surface area contributed by atoms with Crippen LogP contribution in [-0.4, -0.2) is 23.2 Å². The lowest BCUT2D eigenvalue weighted by Gasteiger charge is -2.16. The first-order valence-electron chi connectivity index (χ1n) is 4.93. The molecule has 3 N–H and O–H groups in total. The topological polar surface area (TPSA) is 85.4 Å². The van der Waals surface area contributed by atoms with Gasteiger partial charge in [-0.1, -0.05) is 13.8 Å². The van der Waals surface area contributed by atoms with E-state index in [1.807, 2.05) is 13.8 Å². The molecule has 0 bridgehead atoms. The number of hydrogen-bond acceptors (Lipinski definition) is 5. The lowest BCUT2D eigenvalue weighted by atomic mass is 10.1. The Hall–Kier alpha value is -0.980. The molecule has 0 aliphatic rings. The Bertz CT molecular complexity index is 365. The van der Waals surface area contributed by atoms with Gasteiger partial charge in [-0.05, 0) is 5.92 Å². The largest absolute Gasteiger partial charge is 0.480 e. The van der Waals surface area contributed by atoms with Crippen LogP contribution >= 0.6 is 11.3 Å². The van der Waals surface area contributed by atoms with Gasteiger partial charge in [-0.2, -0.15) is 0 Å². The number of aliphatic carboxylic acids is 1. The molecule has 0 aliphatic heterocycles. The highest BCUT2D eigenvalue weighted by Gasteiger charge is 2.22. The van der Waals surface area contributed by atoms with Crippen molar-refractivity contribution in [2.45, 2.75) is 26.0 Å². The fourth-order valence-electron chi connectivity index (χ4n) is 1.36. The van der Waals surface area contributed by atoms with Gasteiger partial charge in [0.1, 0.15) is 17.2 Å². The summed E-state index contributed by atoms with van der Waals surface area (Å²) in [6, 6.07) is -1.06. The van der Waals surface area contributed by atoms with E-state index in [9.17, 15) is 4.79 Å². The number of carbonyl (C=O) groups is 1. The van der Waals surface area contributed by atoms with Crippen molar-refractivity contribution in [3.63, 3.8) is 0 Å². The van der Waals surface area contributed by atoms with Crippen LogP contribution in [0.4, 0.5) is 0 Å². The predicted molar refractivity (Wildman–Crippen MR) is 61.3 cm³/mol. The van der Waals surface area contributed by atoms with Crippen LogP contribution in [0.15, 0.2) is 5.38 Å². The Morgan fingerprint density at radius 1 is 1.62 bits per heavy atom. The van der Waals surface area contributed by atoms with Crippen LogP contribution in [-0.2, 0) is 9.53 Å². The molecule has 1 heterocycles. The van der Waals surface area contributed by atoms with Gasteiger partial charge in [-0.15, -0.1) is 11.3 Å². The van der Waals surface area contributed by atoms with E-state index in [2.05, 4.69) is 4.98 Å². The van der Waals surface area contributed by atoms with Gasteiger partial charge in [0.05, 0.1) is 5.69 Å². The maximum Gasteiger partial charge on any atom is 0.326 e. The van der Waals surface area contributed by atoms with Gasteiger partial charge < -0.3 is 15.6 Å². The molecule has 6 heteroatoms. The number of rotatable bonds is 5. The average Bonchev–Trinajstić information content (AvgIpc) is 2.66. The summed E-state index contributed by atoms with van der Waals surface area (Å²) in [6.45, 7) is 4.04. The molecule has 0 amide bonds. The molecule has 0 spiro atoms. The molecule has 5 nitrogen and oxygen atoms in total. The van der Waals surface area contributed by atoms with Crippen LogP contribution in [0.25, 0.3) is 0 Å². The highest BCUT2D eigenvalue weighted by molar-refractivity contribution is 7.09. The minimum absolute atomic E-state index is 0.111. The van der Waals surface area contributed by atoms with E-state index in [0.717, 1.165) is 5.01 Å². The summed E-state index contributed by atoms with van der Waals surface area (Å²) in [6.07, 6.45) is -0.111. The normalized spacial score (nSPS) is 15.1. The molecule has 1 rings (SSSR count). The number of nitrogens with zero attached hydrogens (tertiary/aromatic N) is 1. The van der Waals surface area contributed by atoms with Crippen molar-refractivity contribution in [2.75, 3.05) is 7.11 Å². The van der Waals surface area contributed by atoms with Gasteiger partial charge in [-0.25, -0.2) is 4.98 Å². The number of thiazole rings is 1. The first-order chi connectivity index (χ1) is 7.47. The van der Waals surface area contributed by atoms with Crippen LogP contribution in [0.5, 0.6) is 0 Å². The Kier molecular flexibility index (Phi) is 4.40. The van der Waals surface area contributed by atoms with Gasteiger partial charge in [0, 0.05) is 12.5 Å². The van der Waals surface area contributed by atoms with Crippen molar-refractivity contribution in [2.24, 2.45) is 11.7 Å². The zero-order valence-electron chi connectivity index (χ0n) is 9.51. The molecule has 2 atom stereocenters. The summed E-state index contributed by atoms with van der Waals surface area (Å²) in [4.78, 5) is 14.9. The Labute approximate surface area is 98.3 Å². The summed E-state index contributed by atoms with van der Waals surface area (Å²) in [7, 11) is 1.61. The van der Waals surface area contributed by atoms with Gasteiger partial charge >= 0.3 is 5.97 Å². The van der Waals surface area contributed by atoms with Crippen molar-refractivity contribution in [3.05, 3.63) is 16.1 Å². The molecule has 0 radical (unpaired) electrons. The van der Waals surface area contributed by atoms with Crippen LogP contribution in [0.3, 0.4) is 0 Å². The van der Waals surface area contributed by atoms with E-state index >= 15 is 0 Å². The van der Waals surface area contributed by atoms with E-state index in [-0.39, 0.29) is 12.0 Å². The molecule has 1 aromatic rings. The molecular weight excluding hydrogens is 228 g/mol. The molecule has 0 aliphatic carbocycles. The summed E-state index contributed by atoms with van der Waals surface area (Å²) >= 11 is 1.38. The molecule has 1 aromatic heterocycles. The summed E-state index contributed by atoms with van der Waals surface area (Å²) in [5.41, 5.74) is 5.86. The van der Waals surface area contributed by atoms with E-state index in [4.69, 9.17) is 15.6 Å². The van der Waals surface area contributed by atoms with Crippen molar-refractivity contribution in [1.29, 1.82) is 0 Å². The van der Waals surface area contributed by atoms with E-state index < -0.39 is 12.0 Å². The third kappa shape index (κ3) is 2.78. The zero-order chi connectivity index (χ0) is 12.3. The lowest BCUT2D eigenvalue weighted by molar-refractivity contribution is -0.138. The fourth-order valence-corrected chi connectivity index (χ4v) is 2.46. The second-order valence-corrected chi connectivity index (χ2v) is 4.72. The van der Waals surface area contributed by atoms with Crippen LogP contribution in [0, 0.1) is 5.92 Å². The second-order valence-electron chi connectivity index (χ2n) is 3.83. The lowest BCUT2D eigenvalue weighted by Crippen LogP contribution is -2.21. The number of carboxylic acid groups (broad SMARTS) is 1. The Morgan fingerprint density at radius 3 is 2.69 bits per heavy atom. The van der Waals surface area contributed by atoms with Crippen molar-refractivity contribution in [3.8, 4) is 0 Å². The minimum atomic E-state index is -1.07. The molecule has 0 fully saturated rings. The molecule has 90 valence electrons. The van der Waals surface area contributed by atoms with Crippen molar-refractivity contribution < 1.29 is 14.6 Å². The maximum absolute atomic E-state index is 10.7. The monoisotopic (exact) mass is 244 g/mol. The second kappa shape index (κ2) is 5.38. The van der Waals surface area contributed by atoms with Gasteiger partial charge in [0.2, 0.25) is 0 Å². The first kappa shape index (κ1) is 13.1.